The molecule has 1 aromatic carbocycles. The molecule has 1 amide bonds. The van der Waals surface area contributed by atoms with E-state index >= 15 is 0 Å². The second kappa shape index (κ2) is 7.96. The van der Waals surface area contributed by atoms with Crippen LogP contribution in [0.3, 0.4) is 0 Å². The maximum atomic E-state index is 12.7. The molecule has 28 heavy (non-hydrogen) atoms. The number of carbonyl (C=O) groups is 1. The van der Waals surface area contributed by atoms with Crippen molar-refractivity contribution in [2.24, 2.45) is 0 Å². The fourth-order valence-corrected chi connectivity index (χ4v) is 4.45. The maximum Gasteiger partial charge on any atom is 0.234 e. The van der Waals surface area contributed by atoms with Crippen molar-refractivity contribution in [3.63, 3.8) is 0 Å². The molecule has 2 saturated carbocycles. The van der Waals surface area contributed by atoms with E-state index in [1.807, 2.05) is 41.9 Å². The predicted octanol–water partition coefficient (Wildman–Crippen LogP) is 3.97. The van der Waals surface area contributed by atoms with Crippen LogP contribution in [0.25, 0.3) is 5.69 Å². The molecule has 0 radical (unpaired) electrons. The summed E-state index contributed by atoms with van der Waals surface area (Å²) < 4.78 is 1.91. The van der Waals surface area contributed by atoms with Crippen LogP contribution in [0.4, 0.5) is 0 Å². The molecule has 0 saturated heterocycles. The monoisotopic (exact) mass is 395 g/mol. The molecule has 6 nitrogen and oxygen atoms in total. The van der Waals surface area contributed by atoms with Gasteiger partial charge in [-0.2, -0.15) is 5.26 Å². The number of benzene rings is 1. The highest BCUT2D eigenvalue weighted by molar-refractivity contribution is 8.00. The lowest BCUT2D eigenvalue weighted by atomic mass is 9.83. The smallest absolute Gasteiger partial charge is 0.234 e. The molecule has 1 aromatic heterocycles. The molecule has 1 unspecified atom stereocenters. The van der Waals surface area contributed by atoms with Crippen molar-refractivity contribution < 1.29 is 4.79 Å². The van der Waals surface area contributed by atoms with Gasteiger partial charge >= 0.3 is 0 Å². The third kappa shape index (κ3) is 4.07. The van der Waals surface area contributed by atoms with E-state index in [4.69, 9.17) is 4.98 Å². The number of amides is 1. The molecule has 146 valence electrons. The van der Waals surface area contributed by atoms with Crippen LogP contribution >= 0.6 is 11.8 Å². The number of rotatable bonds is 6. The number of nitrogens with zero attached hydrogens (tertiary/aromatic N) is 4. The van der Waals surface area contributed by atoms with Crippen LogP contribution < -0.4 is 5.32 Å². The van der Waals surface area contributed by atoms with Gasteiger partial charge in [-0.15, -0.1) is 5.10 Å². The second-order valence-corrected chi connectivity index (χ2v) is 9.09. The molecule has 0 aliphatic heterocycles. The Kier molecular flexibility index (Phi) is 5.40. The van der Waals surface area contributed by atoms with Gasteiger partial charge in [-0.3, -0.25) is 4.79 Å². The third-order valence-electron chi connectivity index (χ3n) is 5.49. The van der Waals surface area contributed by atoms with Gasteiger partial charge in [-0.1, -0.05) is 49.2 Å². The molecule has 4 rings (SSSR count). The van der Waals surface area contributed by atoms with Crippen LogP contribution in [-0.4, -0.2) is 31.5 Å². The zero-order valence-corrected chi connectivity index (χ0v) is 16.9. The van der Waals surface area contributed by atoms with E-state index in [0.29, 0.717) is 11.1 Å². The Morgan fingerprint density at radius 2 is 2.00 bits per heavy atom. The summed E-state index contributed by atoms with van der Waals surface area (Å²) in [5.41, 5.74) is 0.284. The fourth-order valence-electron chi connectivity index (χ4n) is 3.69. The summed E-state index contributed by atoms with van der Waals surface area (Å²) in [6, 6.07) is 12.3. The van der Waals surface area contributed by atoms with Gasteiger partial charge in [0.05, 0.1) is 17.0 Å². The summed E-state index contributed by atoms with van der Waals surface area (Å²) in [7, 11) is 0. The van der Waals surface area contributed by atoms with Gasteiger partial charge < -0.3 is 5.32 Å². The van der Waals surface area contributed by atoms with Crippen LogP contribution in [0.1, 0.15) is 63.6 Å². The van der Waals surface area contributed by atoms with Gasteiger partial charge in [-0.25, -0.2) is 9.67 Å². The van der Waals surface area contributed by atoms with E-state index in [0.717, 1.165) is 56.5 Å². The standard InChI is InChI=1S/C21H25N5OS/c1-15(19(27)24-21(14-22)12-6-3-7-13-21)28-20-23-18(16-10-11-16)26(25-20)17-8-4-2-5-9-17/h2,4-5,8-9,15-16H,3,6-7,10-13H2,1H3,(H,24,27). The van der Waals surface area contributed by atoms with Gasteiger partial charge in [0.15, 0.2) is 0 Å². The Bertz CT molecular complexity index is 878. The quantitative estimate of drug-likeness (QED) is 0.748. The number of carbonyl (C=O) groups excluding carboxylic acids is 1. The van der Waals surface area contributed by atoms with E-state index in [2.05, 4.69) is 16.5 Å². The van der Waals surface area contributed by atoms with E-state index < -0.39 is 5.54 Å². The van der Waals surface area contributed by atoms with Crippen molar-refractivity contribution >= 4 is 17.7 Å². The summed E-state index contributed by atoms with van der Waals surface area (Å²) in [5.74, 6) is 1.31. The topological polar surface area (TPSA) is 83.6 Å². The minimum absolute atomic E-state index is 0.113. The Morgan fingerprint density at radius 1 is 1.29 bits per heavy atom. The second-order valence-electron chi connectivity index (χ2n) is 7.78. The van der Waals surface area contributed by atoms with E-state index in [1.165, 1.54) is 11.8 Å². The van der Waals surface area contributed by atoms with Gasteiger partial charge in [0.1, 0.15) is 11.4 Å². The highest BCUT2D eigenvalue weighted by Crippen LogP contribution is 2.40. The van der Waals surface area contributed by atoms with Crippen molar-refractivity contribution in [3.8, 4) is 11.8 Å². The van der Waals surface area contributed by atoms with E-state index in [-0.39, 0.29) is 11.2 Å². The highest BCUT2D eigenvalue weighted by atomic mass is 32.2. The number of aromatic nitrogens is 3. The predicted molar refractivity (Wildman–Crippen MR) is 108 cm³/mol. The first-order valence-electron chi connectivity index (χ1n) is 10.0. The number of hydrogen-bond acceptors (Lipinski definition) is 5. The summed E-state index contributed by atoms with van der Waals surface area (Å²) >= 11 is 1.36. The molecule has 1 heterocycles. The number of nitriles is 1. The Morgan fingerprint density at radius 3 is 2.64 bits per heavy atom. The van der Waals surface area contributed by atoms with Crippen LogP contribution in [-0.2, 0) is 4.79 Å². The van der Waals surface area contributed by atoms with Crippen molar-refractivity contribution in [1.29, 1.82) is 5.26 Å². The van der Waals surface area contributed by atoms with Crippen molar-refractivity contribution in [2.75, 3.05) is 0 Å². The molecule has 7 heteroatoms. The van der Waals surface area contributed by atoms with Gasteiger partial charge in [0, 0.05) is 5.92 Å². The SMILES string of the molecule is CC(Sc1nc(C2CC2)n(-c2ccccc2)n1)C(=O)NC1(C#N)CCCCC1. The first-order chi connectivity index (χ1) is 13.6. The zero-order valence-electron chi connectivity index (χ0n) is 16.1. The van der Waals surface area contributed by atoms with Crippen LogP contribution in [0.5, 0.6) is 0 Å². The van der Waals surface area contributed by atoms with Gasteiger partial charge in [0.2, 0.25) is 11.1 Å². The molecule has 2 aromatic rings. The van der Waals surface area contributed by atoms with Crippen molar-refractivity contribution in [2.45, 2.75) is 73.7 Å². The minimum atomic E-state index is -0.708. The average molecular weight is 396 g/mol. The normalized spacial score (nSPS) is 19.6. The van der Waals surface area contributed by atoms with Crippen molar-refractivity contribution in [1.82, 2.24) is 20.1 Å². The summed E-state index contributed by atoms with van der Waals surface area (Å²) in [6.07, 6.45) is 6.85. The molecule has 2 fully saturated rings. The van der Waals surface area contributed by atoms with Gasteiger partial charge in [0.25, 0.3) is 0 Å². The molecule has 2 aliphatic carbocycles. The Labute approximate surface area is 169 Å². The molecule has 0 spiro atoms. The molecular formula is C21H25N5OS. The van der Waals surface area contributed by atoms with Crippen LogP contribution in [0.15, 0.2) is 35.5 Å². The lowest BCUT2D eigenvalue weighted by Crippen LogP contribution is -2.50. The summed E-state index contributed by atoms with van der Waals surface area (Å²) in [5, 5.41) is 17.5. The molecular weight excluding hydrogens is 370 g/mol. The molecule has 1 atom stereocenters. The van der Waals surface area contributed by atoms with Crippen molar-refractivity contribution in [3.05, 3.63) is 36.2 Å². The zero-order chi connectivity index (χ0) is 19.6. The van der Waals surface area contributed by atoms with E-state index in [1.54, 1.807) is 0 Å². The Balaban J connectivity index is 1.48. The molecule has 1 N–H and O–H groups in total. The summed E-state index contributed by atoms with van der Waals surface area (Å²) in [6.45, 7) is 1.86. The molecule has 0 bridgehead atoms. The van der Waals surface area contributed by atoms with Gasteiger partial charge in [-0.05, 0) is 44.7 Å². The molecule has 2 aliphatic rings. The maximum absolute atomic E-state index is 12.7. The van der Waals surface area contributed by atoms with Crippen LogP contribution in [0, 0.1) is 11.3 Å². The first kappa shape index (κ1) is 19.0. The lowest BCUT2D eigenvalue weighted by Gasteiger charge is -2.32. The number of thioether (sulfide) groups is 1. The average Bonchev–Trinajstić information content (AvgIpc) is 3.49. The largest absolute Gasteiger partial charge is 0.337 e. The number of nitrogens with one attached hydrogen (secondary N) is 1. The summed E-state index contributed by atoms with van der Waals surface area (Å²) in [4.78, 5) is 17.5. The van der Waals surface area contributed by atoms with Crippen LogP contribution in [0.2, 0.25) is 0 Å². The highest BCUT2D eigenvalue weighted by Gasteiger charge is 2.35. The first-order valence-corrected chi connectivity index (χ1v) is 10.9. The minimum Gasteiger partial charge on any atom is -0.337 e. The fraction of sp³-hybridized carbons (Fsp3) is 0.524. The van der Waals surface area contributed by atoms with E-state index in [9.17, 15) is 10.1 Å². The third-order valence-corrected chi connectivity index (χ3v) is 6.44. The number of hydrogen-bond donors (Lipinski definition) is 1. The number of para-hydroxylation sites is 1. The Hall–Kier alpha value is -2.33. The lowest BCUT2D eigenvalue weighted by molar-refractivity contribution is -0.121.